The Morgan fingerprint density at radius 1 is 1.55 bits per heavy atom. The van der Waals surface area contributed by atoms with Gasteiger partial charge in [0.25, 0.3) is 0 Å². The van der Waals surface area contributed by atoms with Crippen LogP contribution in [0.25, 0.3) is 6.08 Å². The minimum atomic E-state index is 0.0416. The predicted octanol–water partition coefficient (Wildman–Crippen LogP) is 0.840. The molecule has 0 amide bonds. The van der Waals surface area contributed by atoms with Crippen LogP contribution in [0, 0.1) is 22.7 Å². The third-order valence-electron chi connectivity index (χ3n) is 1.04. The fourth-order valence-corrected chi connectivity index (χ4v) is 0.583. The Kier molecular flexibility index (Phi) is 2.04. The number of rotatable bonds is 1. The van der Waals surface area contributed by atoms with Gasteiger partial charge in [-0.15, -0.1) is 0 Å². The van der Waals surface area contributed by atoms with Gasteiger partial charge < -0.3 is 4.98 Å². The first kappa shape index (κ1) is 7.04. The number of nitriles is 2. The van der Waals surface area contributed by atoms with Crippen molar-refractivity contribution in [2.75, 3.05) is 0 Å². The Balaban J connectivity index is 2.93. The van der Waals surface area contributed by atoms with Crippen LogP contribution in [0.3, 0.4) is 0 Å². The van der Waals surface area contributed by atoms with E-state index in [4.69, 9.17) is 10.5 Å². The topological polar surface area (TPSA) is 76.3 Å². The van der Waals surface area contributed by atoms with Crippen molar-refractivity contribution in [3.63, 3.8) is 0 Å². The second kappa shape index (κ2) is 3.19. The molecule has 4 nitrogen and oxygen atoms in total. The first-order valence-electron chi connectivity index (χ1n) is 2.88. The van der Waals surface area contributed by atoms with Crippen LogP contribution in [0.4, 0.5) is 0 Å². The molecule has 0 aromatic carbocycles. The van der Waals surface area contributed by atoms with Crippen LogP contribution in [0.2, 0.25) is 0 Å². The van der Waals surface area contributed by atoms with Gasteiger partial charge in [-0.05, 0) is 0 Å². The molecule has 1 heterocycles. The van der Waals surface area contributed by atoms with Gasteiger partial charge in [0.2, 0.25) is 0 Å². The molecule has 0 aliphatic carbocycles. The monoisotopic (exact) mass is 144 g/mol. The minimum absolute atomic E-state index is 0.0416. The normalized spacial score (nSPS) is 7.82. The van der Waals surface area contributed by atoms with E-state index in [1.807, 2.05) is 0 Å². The van der Waals surface area contributed by atoms with E-state index in [0.717, 1.165) is 0 Å². The zero-order valence-corrected chi connectivity index (χ0v) is 5.57. The Morgan fingerprint density at radius 3 is 2.73 bits per heavy atom. The maximum atomic E-state index is 8.34. The second-order valence-electron chi connectivity index (χ2n) is 1.76. The van der Waals surface area contributed by atoms with Crippen molar-refractivity contribution in [1.29, 1.82) is 10.5 Å². The van der Waals surface area contributed by atoms with Gasteiger partial charge in [-0.25, -0.2) is 4.98 Å². The van der Waals surface area contributed by atoms with Crippen LogP contribution in [0.5, 0.6) is 0 Å². The van der Waals surface area contributed by atoms with Crippen molar-refractivity contribution < 1.29 is 0 Å². The fourth-order valence-electron chi connectivity index (χ4n) is 0.583. The maximum absolute atomic E-state index is 8.34. The van der Waals surface area contributed by atoms with Crippen LogP contribution >= 0.6 is 0 Å². The molecule has 0 saturated carbocycles. The minimum Gasteiger partial charge on any atom is -0.345 e. The highest BCUT2D eigenvalue weighted by molar-refractivity contribution is 5.57. The molecule has 1 aromatic heterocycles. The number of nitrogens with zero attached hydrogens (tertiary/aromatic N) is 3. The van der Waals surface area contributed by atoms with Gasteiger partial charge in [-0.3, -0.25) is 0 Å². The average Bonchev–Trinajstić information content (AvgIpc) is 2.52. The van der Waals surface area contributed by atoms with Crippen molar-refractivity contribution >= 4 is 6.08 Å². The third-order valence-corrected chi connectivity index (χ3v) is 1.04. The Labute approximate surface area is 63.4 Å². The number of H-pyrrole nitrogens is 1. The number of allylic oxidation sites excluding steroid dienone is 1. The molecule has 0 unspecified atom stereocenters. The van der Waals surface area contributed by atoms with Crippen molar-refractivity contribution in [2.24, 2.45) is 0 Å². The molecule has 11 heavy (non-hydrogen) atoms. The summed E-state index contributed by atoms with van der Waals surface area (Å²) in [4.78, 5) is 6.56. The van der Waals surface area contributed by atoms with E-state index < -0.39 is 0 Å². The fraction of sp³-hybridized carbons (Fsp3) is 0. The average molecular weight is 144 g/mol. The highest BCUT2D eigenvalue weighted by Crippen LogP contribution is 1.97. The largest absolute Gasteiger partial charge is 0.345 e. The third kappa shape index (κ3) is 1.67. The smallest absolute Gasteiger partial charge is 0.133 e. The Morgan fingerprint density at radius 2 is 2.27 bits per heavy atom. The van der Waals surface area contributed by atoms with Gasteiger partial charge in [0.05, 0.1) is 0 Å². The molecule has 0 atom stereocenters. The summed E-state index contributed by atoms with van der Waals surface area (Å²) < 4.78 is 0. The summed E-state index contributed by atoms with van der Waals surface area (Å²) in [5, 5.41) is 16.7. The highest BCUT2D eigenvalue weighted by Gasteiger charge is 1.93. The van der Waals surface area contributed by atoms with Crippen molar-refractivity contribution in [1.82, 2.24) is 9.97 Å². The van der Waals surface area contributed by atoms with Gasteiger partial charge in [0, 0.05) is 18.5 Å². The number of aromatic amines is 1. The summed E-state index contributed by atoms with van der Waals surface area (Å²) in [5.41, 5.74) is 0.0416. The molecule has 1 aromatic rings. The molecule has 0 radical (unpaired) electrons. The molecule has 0 spiro atoms. The molecule has 0 fully saturated rings. The molecule has 0 bridgehead atoms. The maximum Gasteiger partial charge on any atom is 0.133 e. The molecule has 52 valence electrons. The van der Waals surface area contributed by atoms with E-state index >= 15 is 0 Å². The molecular weight excluding hydrogens is 140 g/mol. The van der Waals surface area contributed by atoms with Crippen molar-refractivity contribution in [2.45, 2.75) is 0 Å². The lowest BCUT2D eigenvalue weighted by Crippen LogP contribution is -1.76. The summed E-state index contributed by atoms with van der Waals surface area (Å²) in [6.45, 7) is 0. The number of hydrogen-bond acceptors (Lipinski definition) is 3. The first-order valence-corrected chi connectivity index (χ1v) is 2.88. The molecular formula is C7H4N4. The van der Waals surface area contributed by atoms with Crippen LogP contribution < -0.4 is 0 Å². The molecule has 0 saturated heterocycles. The quantitative estimate of drug-likeness (QED) is 0.593. The molecule has 1 rings (SSSR count). The van der Waals surface area contributed by atoms with Crippen LogP contribution in [0.1, 0.15) is 5.82 Å². The van der Waals surface area contributed by atoms with E-state index in [-0.39, 0.29) is 5.57 Å². The number of nitrogens with one attached hydrogen (secondary N) is 1. The first-order chi connectivity index (χ1) is 5.36. The van der Waals surface area contributed by atoms with Gasteiger partial charge in [0.15, 0.2) is 0 Å². The standard InChI is InChI=1S/C7H4N4/c8-4-6(5-9)3-7-10-1-2-11-7/h1-3H,(H,10,11). The summed E-state index contributed by atoms with van der Waals surface area (Å²) in [6.07, 6.45) is 4.57. The zero-order valence-electron chi connectivity index (χ0n) is 5.57. The number of imidazole rings is 1. The van der Waals surface area contributed by atoms with Gasteiger partial charge in [0.1, 0.15) is 23.5 Å². The highest BCUT2D eigenvalue weighted by atomic mass is 14.9. The summed E-state index contributed by atoms with van der Waals surface area (Å²) in [6, 6.07) is 3.46. The van der Waals surface area contributed by atoms with Crippen LogP contribution in [-0.2, 0) is 0 Å². The van der Waals surface area contributed by atoms with E-state index in [9.17, 15) is 0 Å². The Hall–Kier alpha value is -2.07. The van der Waals surface area contributed by atoms with Crippen molar-refractivity contribution in [3.8, 4) is 12.1 Å². The molecule has 0 aliphatic rings. The lowest BCUT2D eigenvalue weighted by Gasteiger charge is -1.80. The summed E-state index contributed by atoms with van der Waals surface area (Å²) >= 11 is 0. The van der Waals surface area contributed by atoms with E-state index in [0.29, 0.717) is 5.82 Å². The zero-order chi connectivity index (χ0) is 8.10. The van der Waals surface area contributed by atoms with Crippen molar-refractivity contribution in [3.05, 3.63) is 23.8 Å². The summed E-state index contributed by atoms with van der Waals surface area (Å²) in [5.74, 6) is 0.517. The lowest BCUT2D eigenvalue weighted by molar-refractivity contribution is 1.26. The van der Waals surface area contributed by atoms with E-state index in [1.54, 1.807) is 24.5 Å². The molecule has 1 N–H and O–H groups in total. The Bertz CT molecular complexity index is 318. The second-order valence-corrected chi connectivity index (χ2v) is 1.76. The van der Waals surface area contributed by atoms with Gasteiger partial charge in [-0.2, -0.15) is 10.5 Å². The SMILES string of the molecule is N#CC(C#N)=Cc1ncc[nH]1. The van der Waals surface area contributed by atoms with Gasteiger partial charge >= 0.3 is 0 Å². The predicted molar refractivity (Wildman–Crippen MR) is 37.8 cm³/mol. The van der Waals surface area contributed by atoms with Crippen LogP contribution in [-0.4, -0.2) is 9.97 Å². The number of aromatic nitrogens is 2. The van der Waals surface area contributed by atoms with E-state index in [1.165, 1.54) is 6.08 Å². The van der Waals surface area contributed by atoms with Gasteiger partial charge in [-0.1, -0.05) is 0 Å². The molecule has 4 heteroatoms. The summed E-state index contributed by atoms with van der Waals surface area (Å²) in [7, 11) is 0. The lowest BCUT2D eigenvalue weighted by atomic mass is 10.3. The number of hydrogen-bond donors (Lipinski definition) is 1. The van der Waals surface area contributed by atoms with Crippen LogP contribution in [0.15, 0.2) is 18.0 Å². The van der Waals surface area contributed by atoms with E-state index in [2.05, 4.69) is 9.97 Å². The molecule has 0 aliphatic heterocycles.